The van der Waals surface area contributed by atoms with E-state index in [0.717, 1.165) is 12.8 Å². The van der Waals surface area contributed by atoms with Gasteiger partial charge in [-0.3, -0.25) is 4.79 Å². The van der Waals surface area contributed by atoms with Gasteiger partial charge in [0.15, 0.2) is 0 Å². The summed E-state index contributed by atoms with van der Waals surface area (Å²) < 4.78 is 5.32. The van der Waals surface area contributed by atoms with E-state index in [-0.39, 0.29) is 17.9 Å². The van der Waals surface area contributed by atoms with Gasteiger partial charge < -0.3 is 10.1 Å². The Morgan fingerprint density at radius 1 is 1.29 bits per heavy atom. The zero-order chi connectivity index (χ0) is 11.0. The van der Waals surface area contributed by atoms with E-state index in [1.807, 2.05) is 27.7 Å². The Kier molecular flexibility index (Phi) is 7.48. The minimum absolute atomic E-state index is 0.155. The van der Waals surface area contributed by atoms with Gasteiger partial charge in [-0.15, -0.1) is 0 Å². The quantitative estimate of drug-likeness (QED) is 0.639. The first kappa shape index (κ1) is 13.4. The highest BCUT2D eigenvalue weighted by molar-refractivity contribution is 5.78. The van der Waals surface area contributed by atoms with Crippen LogP contribution in [0.5, 0.6) is 0 Å². The van der Waals surface area contributed by atoms with Crippen LogP contribution in [0.2, 0.25) is 0 Å². The number of amides is 1. The third-order valence-electron chi connectivity index (χ3n) is 2.21. The molecular weight excluding hydrogens is 178 g/mol. The van der Waals surface area contributed by atoms with Crippen LogP contribution >= 0.6 is 0 Å². The Bertz CT molecular complexity index is 153. The molecule has 0 radical (unpaired) electrons. The van der Waals surface area contributed by atoms with Gasteiger partial charge in [-0.2, -0.15) is 0 Å². The first-order chi connectivity index (χ1) is 6.61. The van der Waals surface area contributed by atoms with Crippen LogP contribution in [0.15, 0.2) is 0 Å². The summed E-state index contributed by atoms with van der Waals surface area (Å²) >= 11 is 0. The van der Waals surface area contributed by atoms with Gasteiger partial charge >= 0.3 is 0 Å². The van der Waals surface area contributed by atoms with Crippen molar-refractivity contribution in [2.45, 2.75) is 46.6 Å². The SMILES string of the molecule is CCC(CC)C(=O)NCCOC(C)C. The molecule has 0 fully saturated rings. The van der Waals surface area contributed by atoms with Crippen molar-refractivity contribution in [1.29, 1.82) is 0 Å². The maximum absolute atomic E-state index is 11.5. The number of nitrogens with one attached hydrogen (secondary N) is 1. The predicted octanol–water partition coefficient (Wildman–Crippen LogP) is 1.96. The average Bonchev–Trinajstić information content (AvgIpc) is 2.14. The molecule has 0 aromatic rings. The van der Waals surface area contributed by atoms with Crippen molar-refractivity contribution in [3.8, 4) is 0 Å². The van der Waals surface area contributed by atoms with Gasteiger partial charge in [0, 0.05) is 12.5 Å². The van der Waals surface area contributed by atoms with E-state index in [1.54, 1.807) is 0 Å². The summed E-state index contributed by atoms with van der Waals surface area (Å²) in [5, 5.41) is 2.88. The molecule has 0 heterocycles. The molecule has 1 N–H and O–H groups in total. The first-order valence-electron chi connectivity index (χ1n) is 5.51. The first-order valence-corrected chi connectivity index (χ1v) is 5.51. The summed E-state index contributed by atoms with van der Waals surface area (Å²) in [4.78, 5) is 11.5. The molecule has 0 rings (SSSR count). The van der Waals surface area contributed by atoms with Gasteiger partial charge in [-0.05, 0) is 26.7 Å². The lowest BCUT2D eigenvalue weighted by Crippen LogP contribution is -2.33. The molecule has 0 spiro atoms. The maximum atomic E-state index is 11.5. The topological polar surface area (TPSA) is 38.3 Å². The van der Waals surface area contributed by atoms with Crippen molar-refractivity contribution >= 4 is 5.91 Å². The highest BCUT2D eigenvalue weighted by Gasteiger charge is 2.12. The molecule has 0 aromatic heterocycles. The Morgan fingerprint density at radius 2 is 1.86 bits per heavy atom. The molecule has 14 heavy (non-hydrogen) atoms. The largest absolute Gasteiger partial charge is 0.377 e. The van der Waals surface area contributed by atoms with Gasteiger partial charge in [0.2, 0.25) is 5.91 Å². The fraction of sp³-hybridized carbons (Fsp3) is 0.909. The Morgan fingerprint density at radius 3 is 2.29 bits per heavy atom. The number of ether oxygens (including phenoxy) is 1. The zero-order valence-electron chi connectivity index (χ0n) is 9.80. The molecule has 0 atom stereocenters. The molecule has 0 unspecified atom stereocenters. The van der Waals surface area contributed by atoms with Crippen LogP contribution in [0, 0.1) is 5.92 Å². The highest BCUT2D eigenvalue weighted by Crippen LogP contribution is 2.06. The monoisotopic (exact) mass is 201 g/mol. The number of carbonyl (C=O) groups excluding carboxylic acids is 1. The molecular formula is C11H23NO2. The Labute approximate surface area is 87.2 Å². The van der Waals surface area contributed by atoms with Gasteiger partial charge in [-0.25, -0.2) is 0 Å². The summed E-state index contributed by atoms with van der Waals surface area (Å²) in [6, 6.07) is 0. The third kappa shape index (κ3) is 5.97. The number of rotatable bonds is 7. The molecule has 0 aliphatic rings. The van der Waals surface area contributed by atoms with Gasteiger partial charge in [0.25, 0.3) is 0 Å². The highest BCUT2D eigenvalue weighted by atomic mass is 16.5. The molecule has 0 aliphatic carbocycles. The summed E-state index contributed by atoms with van der Waals surface area (Å²) in [6.07, 6.45) is 2.06. The minimum Gasteiger partial charge on any atom is -0.377 e. The number of hydrogen-bond donors (Lipinski definition) is 1. The van der Waals surface area contributed by atoms with E-state index in [4.69, 9.17) is 4.74 Å². The minimum atomic E-state index is 0.155. The second-order valence-electron chi connectivity index (χ2n) is 3.72. The summed E-state index contributed by atoms with van der Waals surface area (Å²) in [5.41, 5.74) is 0. The van der Waals surface area contributed by atoms with Gasteiger partial charge in [-0.1, -0.05) is 13.8 Å². The molecule has 0 aromatic carbocycles. The van der Waals surface area contributed by atoms with Crippen LogP contribution in [0.3, 0.4) is 0 Å². The predicted molar refractivity (Wildman–Crippen MR) is 58.2 cm³/mol. The third-order valence-corrected chi connectivity index (χ3v) is 2.21. The Balaban J connectivity index is 3.52. The smallest absolute Gasteiger partial charge is 0.223 e. The Hall–Kier alpha value is -0.570. The fourth-order valence-corrected chi connectivity index (χ4v) is 1.27. The lowest BCUT2D eigenvalue weighted by Gasteiger charge is -2.13. The summed E-state index contributed by atoms with van der Waals surface area (Å²) in [6.45, 7) is 9.28. The van der Waals surface area contributed by atoms with Crippen molar-refractivity contribution in [3.63, 3.8) is 0 Å². The molecule has 0 saturated carbocycles. The van der Waals surface area contributed by atoms with E-state index in [9.17, 15) is 4.79 Å². The van der Waals surface area contributed by atoms with Gasteiger partial charge in [0.1, 0.15) is 0 Å². The number of hydrogen-bond acceptors (Lipinski definition) is 2. The van der Waals surface area contributed by atoms with E-state index >= 15 is 0 Å². The van der Waals surface area contributed by atoms with Crippen molar-refractivity contribution in [3.05, 3.63) is 0 Å². The van der Waals surface area contributed by atoms with Crippen molar-refractivity contribution in [2.75, 3.05) is 13.2 Å². The van der Waals surface area contributed by atoms with Crippen molar-refractivity contribution in [2.24, 2.45) is 5.92 Å². The van der Waals surface area contributed by atoms with Crippen molar-refractivity contribution in [1.82, 2.24) is 5.32 Å². The van der Waals surface area contributed by atoms with Crippen molar-refractivity contribution < 1.29 is 9.53 Å². The van der Waals surface area contributed by atoms with Gasteiger partial charge in [0.05, 0.1) is 12.7 Å². The van der Waals surface area contributed by atoms with E-state index in [1.165, 1.54) is 0 Å². The van der Waals surface area contributed by atoms with Crippen LogP contribution in [0.1, 0.15) is 40.5 Å². The molecule has 1 amide bonds. The average molecular weight is 201 g/mol. The molecule has 84 valence electrons. The van der Waals surface area contributed by atoms with E-state index in [2.05, 4.69) is 5.32 Å². The maximum Gasteiger partial charge on any atom is 0.223 e. The normalized spacial score (nSPS) is 11.0. The molecule has 0 bridgehead atoms. The second-order valence-corrected chi connectivity index (χ2v) is 3.72. The molecule has 3 heteroatoms. The van der Waals surface area contributed by atoms with Crippen LogP contribution in [-0.2, 0) is 9.53 Å². The summed E-state index contributed by atoms with van der Waals surface area (Å²) in [7, 11) is 0. The van der Waals surface area contributed by atoms with E-state index in [0.29, 0.717) is 13.2 Å². The molecule has 3 nitrogen and oxygen atoms in total. The molecule has 0 saturated heterocycles. The van der Waals surface area contributed by atoms with Crippen LogP contribution in [0.4, 0.5) is 0 Å². The van der Waals surface area contributed by atoms with Crippen LogP contribution < -0.4 is 5.32 Å². The lowest BCUT2D eigenvalue weighted by atomic mass is 10.0. The second kappa shape index (κ2) is 7.80. The van der Waals surface area contributed by atoms with Crippen LogP contribution in [-0.4, -0.2) is 25.2 Å². The molecule has 0 aliphatic heterocycles. The summed E-state index contributed by atoms with van der Waals surface area (Å²) in [5.74, 6) is 0.316. The lowest BCUT2D eigenvalue weighted by molar-refractivity contribution is -0.125. The number of carbonyl (C=O) groups is 1. The van der Waals surface area contributed by atoms with Crippen LogP contribution in [0.25, 0.3) is 0 Å². The standard InChI is InChI=1S/C11H23NO2/c1-5-10(6-2)11(13)12-7-8-14-9(3)4/h9-10H,5-8H2,1-4H3,(H,12,13). The fourth-order valence-electron chi connectivity index (χ4n) is 1.27. The zero-order valence-corrected chi connectivity index (χ0v) is 9.80. The van der Waals surface area contributed by atoms with E-state index < -0.39 is 0 Å².